The minimum Gasteiger partial charge on any atom is -0.315 e. The van der Waals surface area contributed by atoms with Crippen LogP contribution in [0.25, 0.3) is 0 Å². The zero-order valence-corrected chi connectivity index (χ0v) is 14.5. The van der Waals surface area contributed by atoms with E-state index in [9.17, 15) is 0 Å². The second kappa shape index (κ2) is 9.75. The second-order valence-electron chi connectivity index (χ2n) is 6.77. The number of nitrogens with zero attached hydrogens (tertiary/aromatic N) is 2. The van der Waals surface area contributed by atoms with Crippen molar-refractivity contribution >= 4 is 0 Å². The molecule has 3 unspecified atom stereocenters. The van der Waals surface area contributed by atoms with Gasteiger partial charge in [0.2, 0.25) is 0 Å². The molecule has 1 N–H and O–H groups in total. The number of likely N-dealkylation sites (N-methyl/N-ethyl adjacent to an activating group) is 2. The highest BCUT2D eigenvalue weighted by molar-refractivity contribution is 4.90. The van der Waals surface area contributed by atoms with Gasteiger partial charge in [0.15, 0.2) is 0 Å². The van der Waals surface area contributed by atoms with Crippen LogP contribution in [0.15, 0.2) is 0 Å². The number of rotatable bonds is 9. The molecule has 0 radical (unpaired) electrons. The van der Waals surface area contributed by atoms with Gasteiger partial charge in [-0.3, -0.25) is 4.90 Å². The molecule has 1 fully saturated rings. The Morgan fingerprint density at radius 3 is 2.30 bits per heavy atom. The Kier molecular flexibility index (Phi) is 8.74. The maximum atomic E-state index is 3.59. The molecule has 0 aliphatic heterocycles. The smallest absolute Gasteiger partial charge is 0.0252 e. The van der Waals surface area contributed by atoms with E-state index in [1.807, 2.05) is 0 Å². The van der Waals surface area contributed by atoms with E-state index in [1.165, 1.54) is 58.2 Å². The van der Waals surface area contributed by atoms with Gasteiger partial charge in [-0.2, -0.15) is 0 Å². The highest BCUT2D eigenvalue weighted by Crippen LogP contribution is 2.31. The third-order valence-electron chi connectivity index (χ3n) is 4.81. The number of hydrogen-bond donors (Lipinski definition) is 1. The van der Waals surface area contributed by atoms with Crippen molar-refractivity contribution in [2.45, 2.75) is 64.5 Å². The van der Waals surface area contributed by atoms with E-state index in [-0.39, 0.29) is 0 Å². The molecule has 1 aliphatic rings. The second-order valence-corrected chi connectivity index (χ2v) is 6.77. The fourth-order valence-corrected chi connectivity index (χ4v) is 3.70. The third kappa shape index (κ3) is 5.71. The van der Waals surface area contributed by atoms with E-state index in [0.29, 0.717) is 6.04 Å². The molecule has 0 bridgehead atoms. The van der Waals surface area contributed by atoms with E-state index in [2.05, 4.69) is 50.1 Å². The van der Waals surface area contributed by atoms with Crippen LogP contribution < -0.4 is 5.32 Å². The molecule has 0 saturated heterocycles. The molecule has 0 spiro atoms. The summed E-state index contributed by atoms with van der Waals surface area (Å²) in [6.45, 7) is 8.27. The zero-order chi connectivity index (χ0) is 15.0. The predicted molar refractivity (Wildman–Crippen MR) is 89.3 cm³/mol. The van der Waals surface area contributed by atoms with E-state index in [4.69, 9.17) is 0 Å². The first-order chi connectivity index (χ1) is 9.62. The van der Waals surface area contributed by atoms with Crippen LogP contribution in [0.4, 0.5) is 0 Å². The van der Waals surface area contributed by atoms with Gasteiger partial charge >= 0.3 is 0 Å². The molecular formula is C17H37N3. The summed E-state index contributed by atoms with van der Waals surface area (Å²) in [5, 5.41) is 3.59. The summed E-state index contributed by atoms with van der Waals surface area (Å²) in [6, 6.07) is 1.43. The maximum absolute atomic E-state index is 3.59. The third-order valence-corrected chi connectivity index (χ3v) is 4.81. The molecule has 3 nitrogen and oxygen atoms in total. The molecule has 20 heavy (non-hydrogen) atoms. The van der Waals surface area contributed by atoms with Crippen LogP contribution in [0.1, 0.15) is 52.4 Å². The van der Waals surface area contributed by atoms with Crippen molar-refractivity contribution in [3.8, 4) is 0 Å². The van der Waals surface area contributed by atoms with Gasteiger partial charge in [-0.15, -0.1) is 0 Å². The van der Waals surface area contributed by atoms with Crippen molar-refractivity contribution in [3.63, 3.8) is 0 Å². The quantitative estimate of drug-likeness (QED) is 0.702. The molecule has 1 rings (SSSR count). The summed E-state index contributed by atoms with van der Waals surface area (Å²) in [6.07, 6.45) is 8.19. The van der Waals surface area contributed by atoms with Crippen molar-refractivity contribution in [1.82, 2.24) is 15.1 Å². The summed E-state index contributed by atoms with van der Waals surface area (Å²) in [7, 11) is 6.51. The Morgan fingerprint density at radius 1 is 1.00 bits per heavy atom. The highest BCUT2D eigenvalue weighted by Gasteiger charge is 2.32. The van der Waals surface area contributed by atoms with Gasteiger partial charge in [-0.1, -0.05) is 26.7 Å². The van der Waals surface area contributed by atoms with Crippen LogP contribution >= 0.6 is 0 Å². The van der Waals surface area contributed by atoms with E-state index >= 15 is 0 Å². The standard InChI is InChI=1S/C17H37N3/c1-6-8-15-9-10-16(18-3)17(14-15)20(11-7-2)13-12-19(4)5/h15-18H,6-14H2,1-5H3. The highest BCUT2D eigenvalue weighted by atomic mass is 15.2. The van der Waals surface area contributed by atoms with Crippen molar-refractivity contribution in [2.24, 2.45) is 5.92 Å². The first-order valence-corrected chi connectivity index (χ1v) is 8.68. The largest absolute Gasteiger partial charge is 0.315 e. The Bertz CT molecular complexity index is 242. The lowest BCUT2D eigenvalue weighted by Gasteiger charge is -2.43. The number of hydrogen-bond acceptors (Lipinski definition) is 3. The summed E-state index contributed by atoms with van der Waals surface area (Å²) in [5.74, 6) is 0.952. The molecule has 0 aromatic heterocycles. The van der Waals surface area contributed by atoms with Gasteiger partial charge in [0.05, 0.1) is 0 Å². The molecule has 0 amide bonds. The predicted octanol–water partition coefficient (Wildman–Crippen LogP) is 2.82. The molecule has 120 valence electrons. The van der Waals surface area contributed by atoms with Gasteiger partial charge in [0.1, 0.15) is 0 Å². The van der Waals surface area contributed by atoms with Gasteiger partial charge in [-0.25, -0.2) is 0 Å². The summed E-state index contributed by atoms with van der Waals surface area (Å²) < 4.78 is 0. The van der Waals surface area contributed by atoms with Crippen molar-refractivity contribution in [2.75, 3.05) is 40.8 Å². The van der Waals surface area contributed by atoms with Gasteiger partial charge in [-0.05, 0) is 59.3 Å². The summed E-state index contributed by atoms with van der Waals surface area (Å²) >= 11 is 0. The fraction of sp³-hybridized carbons (Fsp3) is 1.00. The van der Waals surface area contributed by atoms with E-state index < -0.39 is 0 Å². The molecular weight excluding hydrogens is 246 g/mol. The molecule has 3 atom stereocenters. The lowest BCUT2D eigenvalue weighted by atomic mass is 9.79. The Labute approximate surface area is 127 Å². The average Bonchev–Trinajstić information content (AvgIpc) is 2.43. The topological polar surface area (TPSA) is 18.5 Å². The SMILES string of the molecule is CCCC1CCC(NC)C(N(CCC)CCN(C)C)C1. The lowest BCUT2D eigenvalue weighted by molar-refractivity contribution is 0.0902. The monoisotopic (exact) mass is 283 g/mol. The van der Waals surface area contributed by atoms with Crippen LogP contribution in [-0.2, 0) is 0 Å². The Balaban J connectivity index is 2.65. The minimum atomic E-state index is 0.691. The van der Waals surface area contributed by atoms with E-state index in [0.717, 1.165) is 12.0 Å². The molecule has 0 heterocycles. The Morgan fingerprint density at radius 2 is 1.75 bits per heavy atom. The van der Waals surface area contributed by atoms with Gasteiger partial charge in [0, 0.05) is 25.2 Å². The average molecular weight is 284 g/mol. The minimum absolute atomic E-state index is 0.691. The molecule has 0 aromatic rings. The molecule has 0 aromatic carbocycles. The maximum Gasteiger partial charge on any atom is 0.0252 e. The normalized spacial score (nSPS) is 27.4. The van der Waals surface area contributed by atoms with Crippen LogP contribution in [0, 0.1) is 5.92 Å². The summed E-state index contributed by atoms with van der Waals surface area (Å²) in [4.78, 5) is 5.06. The van der Waals surface area contributed by atoms with Crippen LogP contribution in [0.5, 0.6) is 0 Å². The first-order valence-electron chi connectivity index (χ1n) is 8.68. The summed E-state index contributed by atoms with van der Waals surface area (Å²) in [5.41, 5.74) is 0. The van der Waals surface area contributed by atoms with E-state index in [1.54, 1.807) is 0 Å². The van der Waals surface area contributed by atoms with Crippen LogP contribution in [0.3, 0.4) is 0 Å². The lowest BCUT2D eigenvalue weighted by Crippen LogP contribution is -2.53. The molecule has 1 saturated carbocycles. The van der Waals surface area contributed by atoms with Crippen molar-refractivity contribution in [3.05, 3.63) is 0 Å². The molecule has 1 aliphatic carbocycles. The van der Waals surface area contributed by atoms with Crippen LogP contribution in [0.2, 0.25) is 0 Å². The van der Waals surface area contributed by atoms with Crippen LogP contribution in [-0.4, -0.2) is 62.7 Å². The van der Waals surface area contributed by atoms with Gasteiger partial charge in [0.25, 0.3) is 0 Å². The fourth-order valence-electron chi connectivity index (χ4n) is 3.70. The van der Waals surface area contributed by atoms with Crippen molar-refractivity contribution in [1.29, 1.82) is 0 Å². The van der Waals surface area contributed by atoms with Crippen molar-refractivity contribution < 1.29 is 0 Å². The number of nitrogens with one attached hydrogen (secondary N) is 1. The first kappa shape index (κ1) is 17.9. The molecule has 3 heteroatoms. The Hall–Kier alpha value is -0.120. The van der Waals surface area contributed by atoms with Gasteiger partial charge < -0.3 is 10.2 Å². The zero-order valence-electron chi connectivity index (χ0n) is 14.5.